The second-order valence-electron chi connectivity index (χ2n) is 16.3. The number of carbonyl (C=O) groups is 1. The van der Waals surface area contributed by atoms with Crippen LogP contribution in [0.5, 0.6) is 0 Å². The van der Waals surface area contributed by atoms with Crippen LogP contribution >= 0.6 is 7.82 Å². The quantitative estimate of drug-likeness (QED) is 0.0273. The zero-order chi connectivity index (χ0) is 43.2. The van der Waals surface area contributed by atoms with Crippen molar-refractivity contribution in [3.8, 4) is 0 Å². The second-order valence-corrected chi connectivity index (χ2v) is 17.7. The predicted molar refractivity (Wildman–Crippen MR) is 254 cm³/mol. The van der Waals surface area contributed by atoms with Gasteiger partial charge in [0.2, 0.25) is 5.91 Å². The highest BCUT2D eigenvalue weighted by atomic mass is 31.2. The standard InChI is InChI=1S/C50H93N2O6P/c1-3-5-7-9-11-13-15-17-19-21-23-24-26-28-30-32-34-36-38-40-42-44-50(54)52-48(47-58-59(55,56)57-46-45-51)49(53)43-41-39-37-35-33-31-29-27-25-22-20-18-16-14-12-10-8-6-4-2/h5,7,11,13,17,19,23-24,28,30,48-49,53H,3-4,6,8-10,12,14-16,18,20-22,25-27,29,31-47,51H2,1-2H3,(H,52,54)(H,55,56)/b7-5-,13-11-,19-17-,24-23-,30-28-. The van der Waals surface area contributed by atoms with E-state index in [0.29, 0.717) is 12.8 Å². The Labute approximate surface area is 364 Å². The molecule has 3 unspecified atom stereocenters. The molecule has 0 aliphatic rings. The lowest BCUT2D eigenvalue weighted by Crippen LogP contribution is -2.46. The molecular formula is C50H93N2O6P. The third-order valence-corrected chi connectivity index (χ3v) is 11.6. The number of carbonyl (C=O) groups excluding carboxylic acids is 1. The largest absolute Gasteiger partial charge is 0.472 e. The molecule has 0 saturated carbocycles. The van der Waals surface area contributed by atoms with Crippen LogP contribution in [0.15, 0.2) is 60.8 Å². The zero-order valence-corrected chi connectivity index (χ0v) is 39.1. The van der Waals surface area contributed by atoms with E-state index < -0.39 is 20.0 Å². The van der Waals surface area contributed by atoms with Gasteiger partial charge in [-0.1, -0.05) is 216 Å². The SMILES string of the molecule is CC/C=C\C/C=C\C/C=C\C/C=C\C/C=C\CCCCCCCC(=O)NC(COP(=O)(O)OCCN)C(O)CCCCCCCCCCCCCCCCCCCCC. The minimum atomic E-state index is -4.33. The molecule has 5 N–H and O–H groups in total. The maximum Gasteiger partial charge on any atom is 0.472 e. The molecule has 0 radical (unpaired) electrons. The number of amides is 1. The van der Waals surface area contributed by atoms with Crippen LogP contribution in [-0.2, 0) is 18.4 Å². The van der Waals surface area contributed by atoms with Gasteiger partial charge in [0.25, 0.3) is 0 Å². The number of aliphatic hydroxyl groups excluding tert-OH is 1. The highest BCUT2D eigenvalue weighted by Gasteiger charge is 2.27. The fraction of sp³-hybridized carbons (Fsp3) is 0.780. The Hall–Kier alpha value is -1.80. The number of allylic oxidation sites excluding steroid dienone is 10. The first-order valence-corrected chi connectivity index (χ1v) is 25.9. The number of nitrogens with two attached hydrogens (primary N) is 1. The smallest absolute Gasteiger partial charge is 0.391 e. The molecule has 344 valence electrons. The zero-order valence-electron chi connectivity index (χ0n) is 38.2. The number of phosphoric acid groups is 1. The minimum Gasteiger partial charge on any atom is -0.391 e. The van der Waals surface area contributed by atoms with Crippen molar-refractivity contribution >= 4 is 13.7 Å². The summed E-state index contributed by atoms with van der Waals surface area (Å²) in [4.78, 5) is 22.8. The van der Waals surface area contributed by atoms with E-state index in [-0.39, 0.29) is 25.7 Å². The third kappa shape index (κ3) is 44.1. The summed E-state index contributed by atoms with van der Waals surface area (Å²) in [5, 5.41) is 13.8. The van der Waals surface area contributed by atoms with E-state index in [1.807, 2.05) is 0 Å². The number of phosphoric ester groups is 1. The van der Waals surface area contributed by atoms with Crippen LogP contribution in [0.1, 0.15) is 219 Å². The van der Waals surface area contributed by atoms with Crippen LogP contribution in [0, 0.1) is 0 Å². The number of hydrogen-bond acceptors (Lipinski definition) is 6. The average Bonchev–Trinajstić information content (AvgIpc) is 3.22. The number of hydrogen-bond donors (Lipinski definition) is 4. The van der Waals surface area contributed by atoms with Crippen molar-refractivity contribution < 1.29 is 28.4 Å². The van der Waals surface area contributed by atoms with Gasteiger partial charge in [0.15, 0.2) is 0 Å². The molecule has 3 atom stereocenters. The van der Waals surface area contributed by atoms with Gasteiger partial charge in [0, 0.05) is 13.0 Å². The molecule has 9 heteroatoms. The highest BCUT2D eigenvalue weighted by Crippen LogP contribution is 2.43. The maximum atomic E-state index is 12.8. The lowest BCUT2D eigenvalue weighted by atomic mass is 10.0. The molecule has 0 fully saturated rings. The highest BCUT2D eigenvalue weighted by molar-refractivity contribution is 7.47. The first-order valence-electron chi connectivity index (χ1n) is 24.4. The number of aliphatic hydroxyl groups is 1. The van der Waals surface area contributed by atoms with Crippen molar-refractivity contribution in [1.29, 1.82) is 0 Å². The summed E-state index contributed by atoms with van der Waals surface area (Å²) in [6.07, 6.45) is 58.0. The Kier molecular flexibility index (Phi) is 44.3. The first-order chi connectivity index (χ1) is 28.9. The van der Waals surface area contributed by atoms with E-state index in [9.17, 15) is 19.4 Å². The molecule has 0 aliphatic heterocycles. The fourth-order valence-corrected chi connectivity index (χ4v) is 7.75. The van der Waals surface area contributed by atoms with Gasteiger partial charge in [0.1, 0.15) is 0 Å². The minimum absolute atomic E-state index is 0.0828. The van der Waals surface area contributed by atoms with E-state index in [1.54, 1.807) is 0 Å². The fourth-order valence-electron chi connectivity index (χ4n) is 6.99. The van der Waals surface area contributed by atoms with Crippen molar-refractivity contribution in [2.75, 3.05) is 19.8 Å². The summed E-state index contributed by atoms with van der Waals surface area (Å²) < 4.78 is 22.3. The van der Waals surface area contributed by atoms with Gasteiger partial charge in [-0.2, -0.15) is 0 Å². The lowest BCUT2D eigenvalue weighted by molar-refractivity contribution is -0.123. The molecule has 0 spiro atoms. The molecule has 0 bridgehead atoms. The van der Waals surface area contributed by atoms with E-state index in [1.165, 1.54) is 103 Å². The van der Waals surface area contributed by atoms with E-state index in [4.69, 9.17) is 14.8 Å². The summed E-state index contributed by atoms with van der Waals surface area (Å²) in [7, 11) is -4.33. The van der Waals surface area contributed by atoms with Crippen molar-refractivity contribution in [3.63, 3.8) is 0 Å². The van der Waals surface area contributed by atoms with Crippen LogP contribution in [0.4, 0.5) is 0 Å². The van der Waals surface area contributed by atoms with Gasteiger partial charge in [-0.25, -0.2) is 4.57 Å². The summed E-state index contributed by atoms with van der Waals surface area (Å²) >= 11 is 0. The number of unbranched alkanes of at least 4 members (excludes halogenated alkanes) is 23. The molecule has 0 aliphatic carbocycles. The maximum absolute atomic E-state index is 12.8. The molecule has 0 aromatic rings. The molecule has 0 saturated heterocycles. The average molecular weight is 849 g/mol. The van der Waals surface area contributed by atoms with E-state index >= 15 is 0 Å². The molecule has 0 rings (SSSR count). The number of rotatable bonds is 45. The van der Waals surface area contributed by atoms with Crippen LogP contribution in [0.25, 0.3) is 0 Å². The van der Waals surface area contributed by atoms with Crippen molar-refractivity contribution in [1.82, 2.24) is 5.32 Å². The summed E-state index contributed by atoms with van der Waals surface area (Å²) in [6, 6.07) is -0.788. The third-order valence-electron chi connectivity index (χ3n) is 10.6. The number of nitrogens with one attached hydrogen (secondary N) is 1. The molecule has 0 heterocycles. The van der Waals surface area contributed by atoms with Gasteiger partial charge >= 0.3 is 7.82 Å². The van der Waals surface area contributed by atoms with Crippen molar-refractivity contribution in [2.45, 2.75) is 231 Å². The summed E-state index contributed by atoms with van der Waals surface area (Å²) in [6.45, 7) is 4.09. The molecule has 59 heavy (non-hydrogen) atoms. The van der Waals surface area contributed by atoms with Gasteiger partial charge < -0.3 is 21.1 Å². The van der Waals surface area contributed by atoms with Gasteiger partial charge in [-0.05, 0) is 57.8 Å². The molecule has 8 nitrogen and oxygen atoms in total. The Morgan fingerprint density at radius 1 is 0.576 bits per heavy atom. The summed E-state index contributed by atoms with van der Waals surface area (Å²) in [5.74, 6) is -0.180. The predicted octanol–water partition coefficient (Wildman–Crippen LogP) is 14.2. The monoisotopic (exact) mass is 849 g/mol. The Morgan fingerprint density at radius 3 is 1.44 bits per heavy atom. The molecule has 0 aromatic heterocycles. The normalized spacial score (nSPS) is 14.5. The van der Waals surface area contributed by atoms with Crippen LogP contribution in [-0.4, -0.2) is 47.8 Å². The van der Waals surface area contributed by atoms with Crippen LogP contribution in [0.3, 0.4) is 0 Å². The first kappa shape index (κ1) is 57.2. The Bertz CT molecular complexity index is 1110. The van der Waals surface area contributed by atoms with E-state index in [2.05, 4.69) is 79.9 Å². The van der Waals surface area contributed by atoms with Gasteiger partial charge in [0.05, 0.1) is 25.4 Å². The Morgan fingerprint density at radius 2 is 0.983 bits per heavy atom. The Balaban J connectivity index is 4.15. The second kappa shape index (κ2) is 45.7. The molecule has 1 amide bonds. The van der Waals surface area contributed by atoms with Crippen LogP contribution < -0.4 is 11.1 Å². The van der Waals surface area contributed by atoms with Crippen LogP contribution in [0.2, 0.25) is 0 Å². The van der Waals surface area contributed by atoms with Gasteiger partial charge in [-0.3, -0.25) is 13.8 Å². The molecular weight excluding hydrogens is 756 g/mol. The molecule has 0 aromatic carbocycles. The van der Waals surface area contributed by atoms with Crippen molar-refractivity contribution in [3.05, 3.63) is 60.8 Å². The topological polar surface area (TPSA) is 131 Å². The summed E-state index contributed by atoms with van der Waals surface area (Å²) in [5.41, 5.74) is 5.39. The van der Waals surface area contributed by atoms with Gasteiger partial charge in [-0.15, -0.1) is 0 Å². The van der Waals surface area contributed by atoms with E-state index in [0.717, 1.165) is 89.9 Å². The lowest BCUT2D eigenvalue weighted by Gasteiger charge is -2.25. The van der Waals surface area contributed by atoms with Crippen molar-refractivity contribution in [2.24, 2.45) is 5.73 Å².